The van der Waals surface area contributed by atoms with E-state index >= 15 is 0 Å². The first-order chi connectivity index (χ1) is 5.08. The van der Waals surface area contributed by atoms with Crippen LogP contribution in [0.15, 0.2) is 0 Å². The molecule has 2 heteroatoms. The van der Waals surface area contributed by atoms with E-state index < -0.39 is 5.60 Å². The highest BCUT2D eigenvalue weighted by molar-refractivity contribution is 5.08. The van der Waals surface area contributed by atoms with Crippen LogP contribution in [-0.2, 0) is 4.74 Å². The Morgan fingerprint density at radius 2 is 2.09 bits per heavy atom. The summed E-state index contributed by atoms with van der Waals surface area (Å²) in [5, 5.41) is 8.87. The van der Waals surface area contributed by atoms with E-state index in [1.165, 1.54) is 0 Å². The van der Waals surface area contributed by atoms with Crippen LogP contribution in [-0.4, -0.2) is 11.7 Å². The molecule has 2 nitrogen and oxygen atoms in total. The zero-order valence-electron chi connectivity index (χ0n) is 7.42. The molecule has 0 spiro atoms. The minimum Gasteiger partial charge on any atom is -0.357 e. The second-order valence-corrected chi connectivity index (χ2v) is 3.66. The van der Waals surface area contributed by atoms with Crippen molar-refractivity contribution in [2.45, 2.75) is 45.3 Å². The minimum atomic E-state index is -0.520. The number of nitriles is 1. The Bertz CT molecular complexity index is 178. The van der Waals surface area contributed by atoms with Crippen LogP contribution in [0.2, 0.25) is 0 Å². The molecule has 0 aromatic heterocycles. The van der Waals surface area contributed by atoms with E-state index in [9.17, 15) is 0 Å². The Kier molecular flexibility index (Phi) is 2.20. The Hall–Kier alpha value is -0.550. The lowest BCUT2D eigenvalue weighted by atomic mass is 10.0. The maximum atomic E-state index is 8.87. The molecular weight excluding hydrogens is 138 g/mol. The smallest absolute Gasteiger partial charge is 0.154 e. The van der Waals surface area contributed by atoms with Gasteiger partial charge in [0.15, 0.2) is 5.60 Å². The largest absolute Gasteiger partial charge is 0.357 e. The van der Waals surface area contributed by atoms with Gasteiger partial charge < -0.3 is 4.74 Å². The highest BCUT2D eigenvalue weighted by Gasteiger charge is 2.43. The molecule has 0 N–H and O–H groups in total. The molecule has 11 heavy (non-hydrogen) atoms. The number of hydrogen-bond acceptors (Lipinski definition) is 2. The van der Waals surface area contributed by atoms with Gasteiger partial charge in [-0.15, -0.1) is 0 Å². The average molecular weight is 153 g/mol. The predicted octanol–water partition coefficient (Wildman–Crippen LogP) is 2.10. The summed E-state index contributed by atoms with van der Waals surface area (Å²) in [6.45, 7) is 5.83. The average Bonchev–Trinajstić information content (AvgIpc) is 2.66. The molecular formula is C9H15NO. The lowest BCUT2D eigenvalue weighted by Crippen LogP contribution is -2.32. The number of hydrogen-bond donors (Lipinski definition) is 0. The molecule has 1 aliphatic carbocycles. The van der Waals surface area contributed by atoms with Gasteiger partial charge in [-0.05, 0) is 33.6 Å². The quantitative estimate of drug-likeness (QED) is 0.622. The molecule has 0 aliphatic heterocycles. The first-order valence-electron chi connectivity index (χ1n) is 4.17. The lowest BCUT2D eigenvalue weighted by Gasteiger charge is -2.24. The first kappa shape index (κ1) is 8.55. The monoisotopic (exact) mass is 153 g/mol. The zero-order valence-corrected chi connectivity index (χ0v) is 7.42. The topological polar surface area (TPSA) is 33.0 Å². The molecule has 0 amide bonds. The van der Waals surface area contributed by atoms with Crippen molar-refractivity contribution in [1.29, 1.82) is 5.26 Å². The molecule has 1 saturated carbocycles. The predicted molar refractivity (Wildman–Crippen MR) is 43.0 cm³/mol. The van der Waals surface area contributed by atoms with Gasteiger partial charge >= 0.3 is 0 Å². The van der Waals surface area contributed by atoms with Crippen LogP contribution < -0.4 is 0 Å². The SMILES string of the molecule is CC(C)O[C@@](C)(C#N)C1CC1. The zero-order chi connectivity index (χ0) is 8.48. The summed E-state index contributed by atoms with van der Waals surface area (Å²) in [6.07, 6.45) is 2.45. The highest BCUT2D eigenvalue weighted by Crippen LogP contribution is 2.41. The molecule has 1 fully saturated rings. The molecule has 0 radical (unpaired) electrons. The van der Waals surface area contributed by atoms with Gasteiger partial charge in [0, 0.05) is 5.92 Å². The van der Waals surface area contributed by atoms with Crippen molar-refractivity contribution < 1.29 is 4.74 Å². The van der Waals surface area contributed by atoms with Gasteiger partial charge in [0.2, 0.25) is 0 Å². The maximum Gasteiger partial charge on any atom is 0.154 e. The van der Waals surface area contributed by atoms with Gasteiger partial charge in [0.05, 0.1) is 12.2 Å². The van der Waals surface area contributed by atoms with Crippen molar-refractivity contribution in [1.82, 2.24) is 0 Å². The Labute approximate surface area is 68.2 Å². The van der Waals surface area contributed by atoms with Crippen molar-refractivity contribution in [3.05, 3.63) is 0 Å². The molecule has 0 aromatic rings. The van der Waals surface area contributed by atoms with Crippen LogP contribution >= 0.6 is 0 Å². The normalized spacial score (nSPS) is 22.8. The van der Waals surface area contributed by atoms with E-state index in [0.29, 0.717) is 5.92 Å². The minimum absolute atomic E-state index is 0.153. The summed E-state index contributed by atoms with van der Waals surface area (Å²) in [5.74, 6) is 0.481. The maximum absolute atomic E-state index is 8.87. The molecule has 1 aliphatic rings. The van der Waals surface area contributed by atoms with Crippen LogP contribution in [0.4, 0.5) is 0 Å². The van der Waals surface area contributed by atoms with E-state index in [4.69, 9.17) is 10.00 Å². The van der Waals surface area contributed by atoms with Crippen LogP contribution in [0.3, 0.4) is 0 Å². The van der Waals surface area contributed by atoms with Gasteiger partial charge in [-0.1, -0.05) is 0 Å². The lowest BCUT2D eigenvalue weighted by molar-refractivity contribution is -0.0436. The van der Waals surface area contributed by atoms with E-state index in [0.717, 1.165) is 12.8 Å². The van der Waals surface area contributed by atoms with Crippen molar-refractivity contribution >= 4 is 0 Å². The summed E-state index contributed by atoms with van der Waals surface area (Å²) < 4.78 is 5.55. The summed E-state index contributed by atoms with van der Waals surface area (Å²) in [6, 6.07) is 2.25. The van der Waals surface area contributed by atoms with Gasteiger partial charge in [-0.3, -0.25) is 0 Å². The molecule has 0 bridgehead atoms. The van der Waals surface area contributed by atoms with E-state index in [1.807, 2.05) is 20.8 Å². The van der Waals surface area contributed by atoms with Crippen molar-refractivity contribution in [2.75, 3.05) is 0 Å². The number of rotatable bonds is 3. The Balaban J connectivity index is 2.53. The molecule has 62 valence electrons. The second kappa shape index (κ2) is 2.83. The van der Waals surface area contributed by atoms with E-state index in [1.54, 1.807) is 0 Å². The fraction of sp³-hybridized carbons (Fsp3) is 0.889. The third-order valence-electron chi connectivity index (χ3n) is 2.06. The van der Waals surface area contributed by atoms with E-state index in [2.05, 4.69) is 6.07 Å². The standard InChI is InChI=1S/C9H15NO/c1-7(2)11-9(3,6-10)8-4-5-8/h7-8H,4-5H2,1-3H3/t9-/m0/s1. The molecule has 0 saturated heterocycles. The summed E-state index contributed by atoms with van der Waals surface area (Å²) in [4.78, 5) is 0. The molecule has 0 aromatic carbocycles. The fourth-order valence-electron chi connectivity index (χ4n) is 1.34. The molecule has 0 heterocycles. The third-order valence-corrected chi connectivity index (χ3v) is 2.06. The summed E-state index contributed by atoms with van der Waals surface area (Å²) >= 11 is 0. The van der Waals surface area contributed by atoms with Crippen LogP contribution in [0.1, 0.15) is 33.6 Å². The van der Waals surface area contributed by atoms with Crippen LogP contribution in [0.5, 0.6) is 0 Å². The Morgan fingerprint density at radius 1 is 1.55 bits per heavy atom. The van der Waals surface area contributed by atoms with Gasteiger partial charge in [0.25, 0.3) is 0 Å². The van der Waals surface area contributed by atoms with E-state index in [-0.39, 0.29) is 6.10 Å². The van der Waals surface area contributed by atoms with Crippen molar-refractivity contribution in [2.24, 2.45) is 5.92 Å². The second-order valence-electron chi connectivity index (χ2n) is 3.66. The number of nitrogens with zero attached hydrogens (tertiary/aromatic N) is 1. The summed E-state index contributed by atoms with van der Waals surface area (Å²) in [5.41, 5.74) is -0.520. The third kappa shape index (κ3) is 1.94. The molecule has 0 unspecified atom stereocenters. The van der Waals surface area contributed by atoms with Gasteiger partial charge in [-0.25, -0.2) is 0 Å². The van der Waals surface area contributed by atoms with Crippen LogP contribution in [0, 0.1) is 17.2 Å². The highest BCUT2D eigenvalue weighted by atomic mass is 16.5. The van der Waals surface area contributed by atoms with Gasteiger partial charge in [0.1, 0.15) is 0 Å². The molecule has 1 rings (SSSR count). The first-order valence-corrected chi connectivity index (χ1v) is 4.17. The van der Waals surface area contributed by atoms with Crippen molar-refractivity contribution in [3.63, 3.8) is 0 Å². The molecule has 1 atom stereocenters. The number of ether oxygens (including phenoxy) is 1. The van der Waals surface area contributed by atoms with Crippen molar-refractivity contribution in [3.8, 4) is 6.07 Å². The van der Waals surface area contributed by atoms with Crippen LogP contribution in [0.25, 0.3) is 0 Å². The summed E-state index contributed by atoms with van der Waals surface area (Å²) in [7, 11) is 0. The fourth-order valence-corrected chi connectivity index (χ4v) is 1.34. The Morgan fingerprint density at radius 3 is 2.36 bits per heavy atom. The van der Waals surface area contributed by atoms with Gasteiger partial charge in [-0.2, -0.15) is 5.26 Å².